The zero-order valence-corrected chi connectivity index (χ0v) is 4.99. The lowest BCUT2D eigenvalue weighted by Crippen LogP contribution is -2.14. The molecule has 2 unspecified atom stereocenters. The summed E-state index contributed by atoms with van der Waals surface area (Å²) in [6.45, 7) is 2.44. The van der Waals surface area contributed by atoms with Crippen molar-refractivity contribution in [1.29, 1.82) is 0 Å². The summed E-state index contributed by atoms with van der Waals surface area (Å²) in [5, 5.41) is 4.05. The number of thiol groups is 1. The van der Waals surface area contributed by atoms with Crippen LogP contribution in [-0.4, -0.2) is 18.3 Å². The van der Waals surface area contributed by atoms with Gasteiger partial charge in [0.25, 0.3) is 0 Å². The van der Waals surface area contributed by atoms with Crippen LogP contribution < -0.4 is 5.32 Å². The van der Waals surface area contributed by atoms with Gasteiger partial charge in [0.05, 0.1) is 0 Å². The maximum Gasteiger partial charge on any atom is 0.0105 e. The standard InChI is InChI=1S/C5H9NS/c7-5-3-1-6-2-4(3)5/h3-7H,1-2H2. The summed E-state index contributed by atoms with van der Waals surface area (Å²) in [6, 6.07) is 0. The van der Waals surface area contributed by atoms with Crippen molar-refractivity contribution in [2.24, 2.45) is 11.8 Å². The molecule has 1 heterocycles. The fourth-order valence-electron chi connectivity index (χ4n) is 1.39. The van der Waals surface area contributed by atoms with Gasteiger partial charge in [-0.25, -0.2) is 0 Å². The summed E-state index contributed by atoms with van der Waals surface area (Å²) in [4.78, 5) is 0. The topological polar surface area (TPSA) is 12.0 Å². The van der Waals surface area contributed by atoms with Crippen LogP contribution in [0.2, 0.25) is 0 Å². The minimum absolute atomic E-state index is 0.751. The average molecular weight is 115 g/mol. The van der Waals surface area contributed by atoms with E-state index < -0.39 is 0 Å². The molecule has 2 aliphatic rings. The van der Waals surface area contributed by atoms with Crippen molar-refractivity contribution >= 4 is 12.6 Å². The molecule has 0 aromatic heterocycles. The van der Waals surface area contributed by atoms with Crippen LogP contribution in [0.15, 0.2) is 0 Å². The number of rotatable bonds is 0. The van der Waals surface area contributed by atoms with Crippen molar-refractivity contribution < 1.29 is 0 Å². The molecule has 0 aromatic carbocycles. The van der Waals surface area contributed by atoms with E-state index in [0.29, 0.717) is 0 Å². The largest absolute Gasteiger partial charge is 0.316 e. The molecule has 0 bridgehead atoms. The maximum atomic E-state index is 4.36. The Balaban J connectivity index is 2.06. The van der Waals surface area contributed by atoms with Crippen LogP contribution in [0.1, 0.15) is 0 Å². The van der Waals surface area contributed by atoms with Crippen LogP contribution in [0.5, 0.6) is 0 Å². The van der Waals surface area contributed by atoms with Crippen LogP contribution in [-0.2, 0) is 0 Å². The summed E-state index contributed by atoms with van der Waals surface area (Å²) in [6.07, 6.45) is 0. The molecule has 40 valence electrons. The molecule has 0 radical (unpaired) electrons. The van der Waals surface area contributed by atoms with Gasteiger partial charge in [-0.2, -0.15) is 12.6 Å². The van der Waals surface area contributed by atoms with Gasteiger partial charge in [-0.05, 0) is 24.9 Å². The van der Waals surface area contributed by atoms with E-state index in [1.807, 2.05) is 0 Å². The number of hydrogen-bond acceptors (Lipinski definition) is 2. The Hall–Kier alpha value is 0.310. The molecular weight excluding hydrogens is 106 g/mol. The molecule has 1 saturated carbocycles. The van der Waals surface area contributed by atoms with E-state index in [2.05, 4.69) is 17.9 Å². The Morgan fingerprint density at radius 2 is 1.86 bits per heavy atom. The highest BCUT2D eigenvalue weighted by Crippen LogP contribution is 2.45. The maximum absolute atomic E-state index is 4.36. The van der Waals surface area contributed by atoms with Crippen molar-refractivity contribution in [3.05, 3.63) is 0 Å². The zero-order chi connectivity index (χ0) is 4.85. The summed E-state index contributed by atoms with van der Waals surface area (Å²) >= 11 is 4.36. The first-order chi connectivity index (χ1) is 3.39. The Kier molecular flexibility index (Phi) is 0.707. The van der Waals surface area contributed by atoms with Crippen LogP contribution in [0.4, 0.5) is 0 Å². The monoisotopic (exact) mass is 115 g/mol. The summed E-state index contributed by atoms with van der Waals surface area (Å²) < 4.78 is 0. The molecule has 0 amide bonds. The van der Waals surface area contributed by atoms with Gasteiger partial charge in [0.15, 0.2) is 0 Å². The number of piperidine rings is 1. The number of fused-ring (bicyclic) bond motifs is 1. The van der Waals surface area contributed by atoms with Gasteiger partial charge >= 0.3 is 0 Å². The molecule has 1 nitrogen and oxygen atoms in total. The fraction of sp³-hybridized carbons (Fsp3) is 1.00. The predicted octanol–water partition coefficient (Wildman–Crippen LogP) is 0.134. The molecule has 0 spiro atoms. The Labute approximate surface area is 48.9 Å². The molecule has 2 heteroatoms. The van der Waals surface area contributed by atoms with Crippen molar-refractivity contribution in [3.63, 3.8) is 0 Å². The normalized spacial score (nSPS) is 57.0. The van der Waals surface area contributed by atoms with Crippen molar-refractivity contribution in [1.82, 2.24) is 5.32 Å². The molecule has 1 aliphatic carbocycles. The minimum atomic E-state index is 0.751. The van der Waals surface area contributed by atoms with E-state index in [0.717, 1.165) is 17.1 Å². The highest BCUT2D eigenvalue weighted by atomic mass is 32.1. The van der Waals surface area contributed by atoms with Gasteiger partial charge in [-0.1, -0.05) is 0 Å². The third kappa shape index (κ3) is 0.441. The molecule has 2 atom stereocenters. The summed E-state index contributed by atoms with van der Waals surface area (Å²) in [5.41, 5.74) is 0. The second-order valence-corrected chi connectivity index (χ2v) is 3.07. The first-order valence-electron chi connectivity index (χ1n) is 2.78. The molecule has 1 N–H and O–H groups in total. The van der Waals surface area contributed by atoms with E-state index in [-0.39, 0.29) is 0 Å². The average Bonchev–Trinajstić information content (AvgIpc) is 2.26. The van der Waals surface area contributed by atoms with E-state index in [9.17, 15) is 0 Å². The summed E-state index contributed by atoms with van der Waals surface area (Å²) in [5.74, 6) is 1.87. The molecule has 1 aliphatic heterocycles. The van der Waals surface area contributed by atoms with E-state index in [1.165, 1.54) is 13.1 Å². The van der Waals surface area contributed by atoms with Gasteiger partial charge in [-0.15, -0.1) is 0 Å². The SMILES string of the molecule is SC1C2CNCC12. The first kappa shape index (κ1) is 4.21. The summed E-state index contributed by atoms with van der Waals surface area (Å²) in [7, 11) is 0. The zero-order valence-electron chi connectivity index (χ0n) is 4.09. The molecule has 2 fully saturated rings. The van der Waals surface area contributed by atoms with Gasteiger partial charge in [0.2, 0.25) is 0 Å². The third-order valence-corrected chi connectivity index (χ3v) is 2.81. The molecular formula is C5H9NS. The minimum Gasteiger partial charge on any atom is -0.316 e. The predicted molar refractivity (Wildman–Crippen MR) is 32.6 cm³/mol. The van der Waals surface area contributed by atoms with Crippen molar-refractivity contribution in [2.45, 2.75) is 5.25 Å². The van der Waals surface area contributed by atoms with Gasteiger partial charge in [0, 0.05) is 5.25 Å². The molecule has 1 saturated heterocycles. The van der Waals surface area contributed by atoms with Crippen molar-refractivity contribution in [3.8, 4) is 0 Å². The van der Waals surface area contributed by atoms with Crippen LogP contribution in [0.25, 0.3) is 0 Å². The molecule has 7 heavy (non-hydrogen) atoms. The number of hydrogen-bond donors (Lipinski definition) is 2. The molecule has 2 rings (SSSR count). The highest BCUT2D eigenvalue weighted by Gasteiger charge is 2.50. The number of nitrogens with one attached hydrogen (secondary N) is 1. The van der Waals surface area contributed by atoms with Gasteiger partial charge in [-0.3, -0.25) is 0 Å². The van der Waals surface area contributed by atoms with Crippen LogP contribution in [0, 0.1) is 11.8 Å². The third-order valence-electron chi connectivity index (χ3n) is 2.05. The van der Waals surface area contributed by atoms with Crippen molar-refractivity contribution in [2.75, 3.05) is 13.1 Å². The van der Waals surface area contributed by atoms with Gasteiger partial charge in [0.1, 0.15) is 0 Å². The Morgan fingerprint density at radius 3 is 2.14 bits per heavy atom. The second-order valence-electron chi connectivity index (χ2n) is 2.48. The highest BCUT2D eigenvalue weighted by molar-refractivity contribution is 7.81. The lowest BCUT2D eigenvalue weighted by Gasteiger charge is -1.93. The smallest absolute Gasteiger partial charge is 0.0105 e. The van der Waals surface area contributed by atoms with E-state index in [4.69, 9.17) is 0 Å². The fourth-order valence-corrected chi connectivity index (χ4v) is 1.94. The second kappa shape index (κ2) is 1.17. The molecule has 0 aromatic rings. The van der Waals surface area contributed by atoms with E-state index in [1.54, 1.807) is 0 Å². The van der Waals surface area contributed by atoms with Crippen LogP contribution in [0.3, 0.4) is 0 Å². The van der Waals surface area contributed by atoms with Gasteiger partial charge < -0.3 is 5.32 Å². The lowest BCUT2D eigenvalue weighted by atomic mass is 10.4. The van der Waals surface area contributed by atoms with Crippen LogP contribution >= 0.6 is 12.6 Å². The quantitative estimate of drug-likeness (QED) is 0.428. The first-order valence-corrected chi connectivity index (χ1v) is 3.30. The Bertz CT molecular complexity index is 84.1. The van der Waals surface area contributed by atoms with E-state index >= 15 is 0 Å². The Morgan fingerprint density at radius 1 is 1.29 bits per heavy atom. The lowest BCUT2D eigenvalue weighted by molar-refractivity contribution is 0.739.